The molecule has 10 heavy (non-hydrogen) atoms. The van der Waals surface area contributed by atoms with Crippen LogP contribution in [0.15, 0.2) is 24.5 Å². The molecule has 0 atom stereocenters. The van der Waals surface area contributed by atoms with Gasteiger partial charge in [-0.2, -0.15) is 0 Å². The summed E-state index contributed by atoms with van der Waals surface area (Å²) < 4.78 is 4.93. The smallest absolute Gasteiger partial charge is 0.0502 e. The third-order valence-corrected chi connectivity index (χ3v) is 1.34. The number of nitrogens with zero attached hydrogens (tertiary/aromatic N) is 1. The zero-order valence-electron chi connectivity index (χ0n) is 6.08. The third kappa shape index (κ3) is 2.15. The molecule has 0 N–H and O–H groups in total. The Balaban J connectivity index is 2.43. The standard InChI is InChI=1S/C8H11NO/c1-10-7-4-8-2-5-9-6-3-8/h2-3,5-6H,4,7H2,1H3. The van der Waals surface area contributed by atoms with Gasteiger partial charge in [0, 0.05) is 19.5 Å². The van der Waals surface area contributed by atoms with Crippen LogP contribution < -0.4 is 0 Å². The van der Waals surface area contributed by atoms with Crippen LogP contribution in [0.1, 0.15) is 5.56 Å². The Morgan fingerprint density at radius 1 is 1.40 bits per heavy atom. The first-order valence-corrected chi connectivity index (χ1v) is 3.31. The average molecular weight is 137 g/mol. The molecule has 2 nitrogen and oxygen atoms in total. The van der Waals surface area contributed by atoms with Crippen molar-refractivity contribution in [1.82, 2.24) is 4.98 Å². The van der Waals surface area contributed by atoms with E-state index in [2.05, 4.69) is 4.98 Å². The van der Waals surface area contributed by atoms with E-state index in [1.165, 1.54) is 5.56 Å². The van der Waals surface area contributed by atoms with Crippen LogP contribution in [-0.4, -0.2) is 18.7 Å². The molecule has 0 aromatic carbocycles. The van der Waals surface area contributed by atoms with Gasteiger partial charge in [0.25, 0.3) is 0 Å². The van der Waals surface area contributed by atoms with Gasteiger partial charge in [0.1, 0.15) is 0 Å². The van der Waals surface area contributed by atoms with E-state index in [4.69, 9.17) is 4.74 Å². The molecule has 0 radical (unpaired) electrons. The van der Waals surface area contributed by atoms with Crippen molar-refractivity contribution in [3.8, 4) is 0 Å². The zero-order chi connectivity index (χ0) is 7.23. The molecular formula is C8H11NO. The molecule has 0 amide bonds. The molecule has 0 aliphatic rings. The Kier molecular flexibility index (Phi) is 2.90. The fraction of sp³-hybridized carbons (Fsp3) is 0.375. The first-order chi connectivity index (χ1) is 4.93. The van der Waals surface area contributed by atoms with Crippen LogP contribution in [0, 0.1) is 0 Å². The predicted molar refractivity (Wildman–Crippen MR) is 39.8 cm³/mol. The number of hydrogen-bond donors (Lipinski definition) is 0. The van der Waals surface area contributed by atoms with Crippen LogP contribution in [0.25, 0.3) is 0 Å². The Bertz CT molecular complexity index is 174. The molecule has 0 aliphatic carbocycles. The number of pyridine rings is 1. The van der Waals surface area contributed by atoms with Gasteiger partial charge in [-0.3, -0.25) is 4.98 Å². The highest BCUT2D eigenvalue weighted by molar-refractivity contribution is 5.09. The van der Waals surface area contributed by atoms with Gasteiger partial charge in [0.05, 0.1) is 6.61 Å². The summed E-state index contributed by atoms with van der Waals surface area (Å²) in [4.78, 5) is 3.91. The highest BCUT2D eigenvalue weighted by Gasteiger charge is 1.88. The summed E-state index contributed by atoms with van der Waals surface area (Å²) in [6.07, 6.45) is 4.56. The first kappa shape index (κ1) is 7.22. The van der Waals surface area contributed by atoms with Crippen LogP contribution >= 0.6 is 0 Å². The van der Waals surface area contributed by atoms with Crippen LogP contribution in [0.4, 0.5) is 0 Å². The molecule has 1 heterocycles. The molecule has 54 valence electrons. The van der Waals surface area contributed by atoms with Crippen LogP contribution in [0.3, 0.4) is 0 Å². The quantitative estimate of drug-likeness (QED) is 0.626. The van der Waals surface area contributed by atoms with Gasteiger partial charge in [0.15, 0.2) is 0 Å². The monoisotopic (exact) mass is 137 g/mol. The fourth-order valence-electron chi connectivity index (χ4n) is 0.769. The van der Waals surface area contributed by atoms with Gasteiger partial charge in [-0.25, -0.2) is 0 Å². The minimum Gasteiger partial charge on any atom is -0.384 e. The molecule has 0 fully saturated rings. The molecule has 0 saturated heterocycles. The van der Waals surface area contributed by atoms with E-state index in [9.17, 15) is 0 Å². The lowest BCUT2D eigenvalue weighted by molar-refractivity contribution is 0.202. The van der Waals surface area contributed by atoms with Crippen LogP contribution in [0.2, 0.25) is 0 Å². The second-order valence-corrected chi connectivity index (χ2v) is 2.10. The van der Waals surface area contributed by atoms with Crippen molar-refractivity contribution in [2.45, 2.75) is 6.42 Å². The summed E-state index contributed by atoms with van der Waals surface area (Å²) in [5.74, 6) is 0. The third-order valence-electron chi connectivity index (χ3n) is 1.34. The maximum absolute atomic E-state index is 4.93. The molecule has 0 spiro atoms. The number of rotatable bonds is 3. The maximum Gasteiger partial charge on any atom is 0.0502 e. The molecule has 0 saturated carbocycles. The Morgan fingerprint density at radius 2 is 2.10 bits per heavy atom. The normalized spacial score (nSPS) is 9.70. The summed E-state index contributed by atoms with van der Waals surface area (Å²) >= 11 is 0. The molecule has 1 aromatic heterocycles. The van der Waals surface area contributed by atoms with E-state index >= 15 is 0 Å². The summed E-state index contributed by atoms with van der Waals surface area (Å²) in [6.45, 7) is 0.782. The van der Waals surface area contributed by atoms with Gasteiger partial charge in [0.2, 0.25) is 0 Å². The van der Waals surface area contributed by atoms with Crippen molar-refractivity contribution < 1.29 is 4.74 Å². The van der Waals surface area contributed by atoms with E-state index in [0.29, 0.717) is 0 Å². The lowest BCUT2D eigenvalue weighted by Crippen LogP contribution is -1.93. The van der Waals surface area contributed by atoms with Crippen LogP contribution in [-0.2, 0) is 11.2 Å². The van der Waals surface area contributed by atoms with Crippen LogP contribution in [0.5, 0.6) is 0 Å². The Morgan fingerprint density at radius 3 is 2.70 bits per heavy atom. The fourth-order valence-corrected chi connectivity index (χ4v) is 0.769. The topological polar surface area (TPSA) is 22.1 Å². The molecule has 0 aliphatic heterocycles. The Labute approximate surface area is 60.9 Å². The van der Waals surface area contributed by atoms with Gasteiger partial charge >= 0.3 is 0 Å². The highest BCUT2D eigenvalue weighted by Crippen LogP contribution is 1.96. The summed E-state index contributed by atoms with van der Waals surface area (Å²) in [6, 6.07) is 4.00. The summed E-state index contributed by atoms with van der Waals surface area (Å²) in [5, 5.41) is 0. The van der Waals surface area contributed by atoms with Gasteiger partial charge in [-0.15, -0.1) is 0 Å². The zero-order valence-corrected chi connectivity index (χ0v) is 6.08. The van der Waals surface area contributed by atoms with Crippen molar-refractivity contribution in [2.75, 3.05) is 13.7 Å². The van der Waals surface area contributed by atoms with Gasteiger partial charge < -0.3 is 4.74 Å². The van der Waals surface area contributed by atoms with Crippen molar-refractivity contribution in [1.29, 1.82) is 0 Å². The van der Waals surface area contributed by atoms with Crippen molar-refractivity contribution in [2.24, 2.45) is 0 Å². The van der Waals surface area contributed by atoms with Crippen molar-refractivity contribution >= 4 is 0 Å². The van der Waals surface area contributed by atoms with E-state index in [-0.39, 0.29) is 0 Å². The molecule has 0 bridgehead atoms. The molecule has 1 aromatic rings. The predicted octanol–water partition coefficient (Wildman–Crippen LogP) is 1.27. The SMILES string of the molecule is COCCc1ccncc1. The molecule has 0 unspecified atom stereocenters. The second kappa shape index (κ2) is 4.01. The largest absolute Gasteiger partial charge is 0.384 e. The highest BCUT2D eigenvalue weighted by atomic mass is 16.5. The minimum absolute atomic E-state index is 0.782. The van der Waals surface area contributed by atoms with Gasteiger partial charge in [-0.05, 0) is 24.1 Å². The van der Waals surface area contributed by atoms with E-state index in [1.807, 2.05) is 12.1 Å². The summed E-state index contributed by atoms with van der Waals surface area (Å²) in [5.41, 5.74) is 1.27. The molecule has 2 heteroatoms. The second-order valence-electron chi connectivity index (χ2n) is 2.10. The summed E-state index contributed by atoms with van der Waals surface area (Å²) in [7, 11) is 1.71. The van der Waals surface area contributed by atoms with Gasteiger partial charge in [-0.1, -0.05) is 0 Å². The Hall–Kier alpha value is -0.890. The van der Waals surface area contributed by atoms with Crippen molar-refractivity contribution in [3.63, 3.8) is 0 Å². The number of aromatic nitrogens is 1. The maximum atomic E-state index is 4.93. The van der Waals surface area contributed by atoms with E-state index in [1.54, 1.807) is 19.5 Å². The lowest BCUT2D eigenvalue weighted by Gasteiger charge is -1.97. The minimum atomic E-state index is 0.782. The van der Waals surface area contributed by atoms with E-state index in [0.717, 1.165) is 13.0 Å². The first-order valence-electron chi connectivity index (χ1n) is 3.31. The molecular weight excluding hydrogens is 126 g/mol. The number of hydrogen-bond acceptors (Lipinski definition) is 2. The molecule has 1 rings (SSSR count). The van der Waals surface area contributed by atoms with Crippen molar-refractivity contribution in [3.05, 3.63) is 30.1 Å². The number of ether oxygens (including phenoxy) is 1. The lowest BCUT2D eigenvalue weighted by atomic mass is 10.2. The average Bonchev–Trinajstić information content (AvgIpc) is 2.03. The number of methoxy groups -OCH3 is 1. The van der Waals surface area contributed by atoms with E-state index < -0.39 is 0 Å².